The van der Waals surface area contributed by atoms with E-state index in [1.807, 2.05) is 0 Å². The smallest absolute Gasteiger partial charge is 0.200 e. The molecular weight excluding hydrogens is 278 g/mol. The first-order valence-corrected chi connectivity index (χ1v) is 5.93. The summed E-state index contributed by atoms with van der Waals surface area (Å²) in [6.07, 6.45) is 6.29. The highest BCUT2D eigenvalue weighted by molar-refractivity contribution is 7.71. The van der Waals surface area contributed by atoms with E-state index in [1.165, 1.54) is 12.7 Å². The molecular formula is C10H9N9S. The third-order valence-electron chi connectivity index (χ3n) is 2.41. The van der Waals surface area contributed by atoms with Crippen molar-refractivity contribution in [2.75, 3.05) is 5.73 Å². The van der Waals surface area contributed by atoms with Crippen LogP contribution in [0.5, 0.6) is 0 Å². The average Bonchev–Trinajstić information content (AvgIpc) is 3.06. The Labute approximate surface area is 116 Å². The first-order chi connectivity index (χ1) is 9.74. The highest BCUT2D eigenvalue weighted by atomic mass is 32.1. The normalized spacial score (nSPS) is 10.4. The summed E-state index contributed by atoms with van der Waals surface area (Å²) in [5.74, 6) is 0.287. The molecule has 100 valence electrons. The molecule has 20 heavy (non-hydrogen) atoms. The minimum Gasteiger partial charge on any atom is -0.369 e. The second-order valence-electron chi connectivity index (χ2n) is 3.71. The number of imidazole rings is 2. The van der Waals surface area contributed by atoms with Gasteiger partial charge in [-0.05, 0) is 0 Å². The molecule has 4 heterocycles. The number of aromatic amines is 3. The first kappa shape index (κ1) is 12.2. The molecule has 0 bridgehead atoms. The molecule has 0 aliphatic rings. The minimum atomic E-state index is 0.287. The molecule has 0 amide bonds. The molecule has 0 fully saturated rings. The van der Waals surface area contributed by atoms with Crippen LogP contribution in [-0.4, -0.2) is 39.9 Å². The van der Waals surface area contributed by atoms with Gasteiger partial charge in [-0.2, -0.15) is 4.98 Å². The monoisotopic (exact) mass is 287 g/mol. The molecule has 4 aromatic rings. The molecule has 0 aliphatic heterocycles. The van der Waals surface area contributed by atoms with E-state index >= 15 is 0 Å². The van der Waals surface area contributed by atoms with Crippen LogP contribution in [0.1, 0.15) is 0 Å². The Morgan fingerprint density at radius 3 is 2.70 bits per heavy atom. The predicted octanol–water partition coefficient (Wildman–Crippen LogP) is 0.951. The van der Waals surface area contributed by atoms with E-state index in [0.717, 1.165) is 5.52 Å². The van der Waals surface area contributed by atoms with Crippen molar-refractivity contribution in [2.24, 2.45) is 0 Å². The third-order valence-corrected chi connectivity index (χ3v) is 2.72. The number of fused-ring (bicyclic) bond motifs is 2. The first-order valence-electron chi connectivity index (χ1n) is 5.52. The highest BCUT2D eigenvalue weighted by Gasteiger charge is 1.99. The second-order valence-corrected chi connectivity index (χ2v) is 4.12. The quantitative estimate of drug-likeness (QED) is 0.353. The number of rotatable bonds is 0. The molecule has 4 aromatic heterocycles. The van der Waals surface area contributed by atoms with Crippen LogP contribution < -0.4 is 5.73 Å². The molecule has 0 aliphatic carbocycles. The molecule has 5 N–H and O–H groups in total. The van der Waals surface area contributed by atoms with Gasteiger partial charge in [-0.15, -0.1) is 0 Å². The minimum absolute atomic E-state index is 0.287. The number of nitrogens with two attached hydrogens (primary N) is 1. The molecule has 4 rings (SSSR count). The largest absolute Gasteiger partial charge is 0.369 e. The number of anilines is 1. The van der Waals surface area contributed by atoms with Gasteiger partial charge in [0.1, 0.15) is 22.0 Å². The fraction of sp³-hybridized carbons (Fsp3) is 0. The Bertz CT molecular complexity index is 875. The topological polar surface area (TPSA) is 138 Å². The van der Waals surface area contributed by atoms with Gasteiger partial charge in [0.05, 0.1) is 18.9 Å². The van der Waals surface area contributed by atoms with Gasteiger partial charge >= 0.3 is 0 Å². The van der Waals surface area contributed by atoms with Gasteiger partial charge in [-0.25, -0.2) is 19.9 Å². The maximum Gasteiger partial charge on any atom is 0.200 e. The van der Waals surface area contributed by atoms with E-state index in [-0.39, 0.29) is 5.95 Å². The van der Waals surface area contributed by atoms with Gasteiger partial charge in [0.25, 0.3) is 0 Å². The lowest BCUT2D eigenvalue weighted by Gasteiger charge is -1.91. The van der Waals surface area contributed by atoms with E-state index in [4.69, 9.17) is 18.0 Å². The van der Waals surface area contributed by atoms with Gasteiger partial charge in [0, 0.05) is 0 Å². The maximum atomic E-state index is 5.40. The van der Waals surface area contributed by atoms with Crippen LogP contribution in [0.2, 0.25) is 0 Å². The Morgan fingerprint density at radius 1 is 1.05 bits per heavy atom. The standard InChI is InChI=1S/C5H5N5S.C5H4N4/c6-5-9-3-2(4(11)10-5)7-1-8-3;1-4-5(8-2-6-1)9-3-7-4/h1H,(H4,6,7,8,9,10,11);1-3H,(H,6,7,8,9). The van der Waals surface area contributed by atoms with Crippen LogP contribution in [0.15, 0.2) is 25.2 Å². The van der Waals surface area contributed by atoms with Crippen molar-refractivity contribution < 1.29 is 0 Å². The SMILES string of the molecule is Nc1nc2nc[nH]c2c(=S)[nH]1.c1ncc2[nH]cnc2n1. The fourth-order valence-electron chi connectivity index (χ4n) is 1.55. The molecule has 9 nitrogen and oxygen atoms in total. The van der Waals surface area contributed by atoms with Crippen LogP contribution in [0, 0.1) is 4.64 Å². The Morgan fingerprint density at radius 2 is 1.85 bits per heavy atom. The van der Waals surface area contributed by atoms with Crippen molar-refractivity contribution in [3.63, 3.8) is 0 Å². The van der Waals surface area contributed by atoms with Crippen LogP contribution in [0.3, 0.4) is 0 Å². The van der Waals surface area contributed by atoms with Crippen molar-refractivity contribution >= 4 is 40.5 Å². The van der Waals surface area contributed by atoms with Crippen molar-refractivity contribution in [3.05, 3.63) is 29.8 Å². The van der Waals surface area contributed by atoms with E-state index in [1.54, 1.807) is 12.5 Å². The Kier molecular flexibility index (Phi) is 3.05. The number of nitrogen functional groups attached to an aromatic ring is 1. The van der Waals surface area contributed by atoms with E-state index < -0.39 is 0 Å². The van der Waals surface area contributed by atoms with Gasteiger partial charge in [0.15, 0.2) is 11.3 Å². The zero-order chi connectivity index (χ0) is 13.9. The van der Waals surface area contributed by atoms with Gasteiger partial charge < -0.3 is 20.7 Å². The number of hydrogen-bond donors (Lipinski definition) is 4. The number of hydrogen-bond acceptors (Lipinski definition) is 7. The summed E-state index contributed by atoms with van der Waals surface area (Å²) in [7, 11) is 0. The highest BCUT2D eigenvalue weighted by Crippen LogP contribution is 2.06. The van der Waals surface area contributed by atoms with Crippen molar-refractivity contribution in [2.45, 2.75) is 0 Å². The van der Waals surface area contributed by atoms with Crippen molar-refractivity contribution in [1.29, 1.82) is 0 Å². The molecule has 0 aromatic carbocycles. The molecule has 0 saturated heterocycles. The predicted molar refractivity (Wildman–Crippen MR) is 75.2 cm³/mol. The van der Waals surface area contributed by atoms with Gasteiger partial charge in [0.2, 0.25) is 5.95 Å². The van der Waals surface area contributed by atoms with Crippen molar-refractivity contribution in [1.82, 2.24) is 39.9 Å². The second kappa shape index (κ2) is 5.01. The number of nitrogens with zero attached hydrogens (tertiary/aromatic N) is 5. The molecule has 10 heteroatoms. The fourth-order valence-corrected chi connectivity index (χ4v) is 1.81. The van der Waals surface area contributed by atoms with Crippen LogP contribution in [0.25, 0.3) is 22.3 Å². The lowest BCUT2D eigenvalue weighted by atomic mass is 10.6. The Hall–Kier alpha value is -2.88. The summed E-state index contributed by atoms with van der Waals surface area (Å²) in [6, 6.07) is 0. The zero-order valence-electron chi connectivity index (χ0n) is 10.0. The van der Waals surface area contributed by atoms with Gasteiger partial charge in [-0.3, -0.25) is 0 Å². The summed E-state index contributed by atoms with van der Waals surface area (Å²) in [4.78, 5) is 27.9. The zero-order valence-corrected chi connectivity index (χ0v) is 10.8. The van der Waals surface area contributed by atoms with E-state index in [9.17, 15) is 0 Å². The summed E-state index contributed by atoms with van der Waals surface area (Å²) in [6.45, 7) is 0. The molecule has 0 radical (unpaired) electrons. The maximum absolute atomic E-state index is 5.40. The van der Waals surface area contributed by atoms with Crippen LogP contribution >= 0.6 is 12.2 Å². The third kappa shape index (κ3) is 2.31. The lowest BCUT2D eigenvalue weighted by Crippen LogP contribution is -1.94. The summed E-state index contributed by atoms with van der Waals surface area (Å²) < 4.78 is 0.532. The van der Waals surface area contributed by atoms with Crippen molar-refractivity contribution in [3.8, 4) is 0 Å². The molecule has 0 atom stereocenters. The molecule has 0 spiro atoms. The van der Waals surface area contributed by atoms with Crippen LogP contribution in [-0.2, 0) is 0 Å². The number of nitrogens with one attached hydrogen (secondary N) is 3. The van der Waals surface area contributed by atoms with Crippen LogP contribution in [0.4, 0.5) is 5.95 Å². The molecule has 0 saturated carbocycles. The summed E-state index contributed by atoms with van der Waals surface area (Å²) >= 11 is 4.95. The summed E-state index contributed by atoms with van der Waals surface area (Å²) in [5.41, 5.74) is 8.25. The summed E-state index contributed by atoms with van der Waals surface area (Å²) in [5, 5.41) is 0. The van der Waals surface area contributed by atoms with Gasteiger partial charge in [-0.1, -0.05) is 12.2 Å². The Balaban J connectivity index is 0.000000123. The number of aromatic nitrogens is 8. The number of H-pyrrole nitrogens is 3. The van der Waals surface area contributed by atoms with E-state index in [2.05, 4.69) is 39.9 Å². The van der Waals surface area contributed by atoms with E-state index in [0.29, 0.717) is 21.5 Å². The lowest BCUT2D eigenvalue weighted by molar-refractivity contribution is 1.20. The average molecular weight is 287 g/mol. The molecule has 0 unspecified atom stereocenters.